The molecule has 9 heteroatoms. The first-order chi connectivity index (χ1) is 13.9. The third-order valence-corrected chi connectivity index (χ3v) is 5.69. The first kappa shape index (κ1) is 18.0. The summed E-state index contributed by atoms with van der Waals surface area (Å²) in [5.74, 6) is -1.54. The average molecular weight is 457 g/mol. The molecular formula is C20H14BrFN4O3. The summed E-state index contributed by atoms with van der Waals surface area (Å²) in [7, 11) is 0. The minimum absolute atomic E-state index is 0.0234. The number of halogens is 2. The smallest absolute Gasteiger partial charge is 0.341 e. The van der Waals surface area contributed by atoms with Crippen molar-refractivity contribution < 1.29 is 14.3 Å². The third-order valence-electron chi connectivity index (χ3n) is 5.16. The molecule has 0 atom stereocenters. The van der Waals surface area contributed by atoms with Crippen LogP contribution in [-0.2, 0) is 0 Å². The van der Waals surface area contributed by atoms with Crippen LogP contribution in [0.4, 0.5) is 10.2 Å². The average Bonchev–Trinajstić information content (AvgIpc) is 3.54. The second-order valence-electron chi connectivity index (χ2n) is 7.11. The highest BCUT2D eigenvalue weighted by Crippen LogP contribution is 2.41. The number of hydrogen-bond donors (Lipinski definition) is 1. The van der Waals surface area contributed by atoms with Crippen LogP contribution < -0.4 is 10.3 Å². The van der Waals surface area contributed by atoms with Crippen LogP contribution in [0.2, 0.25) is 0 Å². The van der Waals surface area contributed by atoms with Gasteiger partial charge in [-0.15, -0.1) is 5.10 Å². The standard InChI is InChI=1S/C20H14BrFN4O3/c21-11-3-1-10(2-4-11)16-9-26-18(24-23-16)15(22)7-13-17(27)14(20(28)29)8-25(19(13)26)12-5-6-12/h1-4,7-8,12H,5-6,9H2,(H,28,29). The van der Waals surface area contributed by atoms with Crippen molar-refractivity contribution in [1.29, 1.82) is 0 Å². The van der Waals surface area contributed by atoms with E-state index in [1.807, 2.05) is 24.3 Å². The van der Waals surface area contributed by atoms with E-state index in [0.717, 1.165) is 29.0 Å². The van der Waals surface area contributed by atoms with Crippen molar-refractivity contribution in [1.82, 2.24) is 4.57 Å². The molecule has 1 aromatic heterocycles. The topological polar surface area (TPSA) is 87.3 Å². The van der Waals surface area contributed by atoms with Crippen LogP contribution in [0.25, 0.3) is 6.08 Å². The quantitative estimate of drug-likeness (QED) is 0.764. The lowest BCUT2D eigenvalue weighted by molar-refractivity contribution is 0.0694. The first-order valence-electron chi connectivity index (χ1n) is 9.02. The van der Waals surface area contributed by atoms with Gasteiger partial charge in [-0.1, -0.05) is 28.1 Å². The SMILES string of the molecule is O=C(O)c1cn(C2CC2)c2c(c1=O)C=C(F)C1=NN=C(c3ccc(Br)cc3)CN12. The van der Waals surface area contributed by atoms with Crippen LogP contribution in [0, 0.1) is 0 Å². The molecule has 0 spiro atoms. The van der Waals surface area contributed by atoms with Gasteiger partial charge < -0.3 is 14.6 Å². The van der Waals surface area contributed by atoms with E-state index in [1.165, 1.54) is 6.20 Å². The minimum Gasteiger partial charge on any atom is -0.477 e. The van der Waals surface area contributed by atoms with Gasteiger partial charge >= 0.3 is 5.97 Å². The Morgan fingerprint density at radius 3 is 2.59 bits per heavy atom. The second kappa shape index (κ2) is 6.48. The Hall–Kier alpha value is -3.07. The molecular weight excluding hydrogens is 443 g/mol. The zero-order chi connectivity index (χ0) is 20.3. The molecule has 5 rings (SSSR count). The van der Waals surface area contributed by atoms with Gasteiger partial charge in [0, 0.05) is 16.7 Å². The molecule has 1 aliphatic carbocycles. The molecule has 2 aromatic rings. The van der Waals surface area contributed by atoms with Crippen molar-refractivity contribution >= 4 is 45.3 Å². The Morgan fingerprint density at radius 1 is 1.21 bits per heavy atom. The van der Waals surface area contributed by atoms with Gasteiger partial charge in [-0.05, 0) is 36.6 Å². The van der Waals surface area contributed by atoms with Crippen LogP contribution in [0.5, 0.6) is 0 Å². The second-order valence-corrected chi connectivity index (χ2v) is 8.02. The molecule has 3 aliphatic rings. The van der Waals surface area contributed by atoms with Crippen molar-refractivity contribution in [2.75, 3.05) is 11.4 Å². The van der Waals surface area contributed by atoms with E-state index in [-0.39, 0.29) is 29.5 Å². The lowest BCUT2D eigenvalue weighted by atomic mass is 10.0. The van der Waals surface area contributed by atoms with Gasteiger partial charge in [-0.25, -0.2) is 9.18 Å². The van der Waals surface area contributed by atoms with Crippen molar-refractivity contribution in [2.24, 2.45) is 10.2 Å². The maximum atomic E-state index is 14.8. The number of hydrogen-bond acceptors (Lipinski definition) is 5. The number of nitrogens with zero attached hydrogens (tertiary/aromatic N) is 4. The number of fused-ring (bicyclic) bond motifs is 3. The maximum Gasteiger partial charge on any atom is 0.341 e. The summed E-state index contributed by atoms with van der Waals surface area (Å²) in [4.78, 5) is 25.9. The van der Waals surface area contributed by atoms with Crippen LogP contribution in [0.3, 0.4) is 0 Å². The number of benzene rings is 1. The number of aromatic nitrogens is 1. The number of anilines is 1. The van der Waals surface area contributed by atoms with Gasteiger partial charge in [0.25, 0.3) is 0 Å². The number of amidine groups is 1. The highest BCUT2D eigenvalue weighted by atomic mass is 79.9. The predicted octanol–water partition coefficient (Wildman–Crippen LogP) is 3.59. The number of carboxylic acid groups (broad SMARTS) is 1. The van der Waals surface area contributed by atoms with Gasteiger partial charge in [0.1, 0.15) is 11.4 Å². The fraction of sp³-hybridized carbons (Fsp3) is 0.200. The first-order valence-corrected chi connectivity index (χ1v) is 9.81. The van der Waals surface area contributed by atoms with Crippen LogP contribution in [-0.4, -0.2) is 33.7 Å². The van der Waals surface area contributed by atoms with Crippen molar-refractivity contribution in [3.8, 4) is 0 Å². The van der Waals surface area contributed by atoms with E-state index in [9.17, 15) is 19.1 Å². The Kier molecular flexibility index (Phi) is 4.02. The zero-order valence-corrected chi connectivity index (χ0v) is 16.6. The monoisotopic (exact) mass is 456 g/mol. The van der Waals surface area contributed by atoms with Gasteiger partial charge in [0.15, 0.2) is 11.7 Å². The molecule has 1 aromatic carbocycles. The fourth-order valence-electron chi connectivity index (χ4n) is 3.60. The third kappa shape index (κ3) is 2.93. The number of carboxylic acids is 1. The molecule has 7 nitrogen and oxygen atoms in total. The molecule has 2 aliphatic heterocycles. The van der Waals surface area contributed by atoms with Gasteiger partial charge in [-0.2, -0.15) is 5.10 Å². The molecule has 0 amide bonds. The Bertz CT molecular complexity index is 1210. The van der Waals surface area contributed by atoms with Crippen molar-refractivity contribution in [3.05, 3.63) is 67.7 Å². The summed E-state index contributed by atoms with van der Waals surface area (Å²) in [6.45, 7) is 0.216. The molecule has 1 saturated carbocycles. The van der Waals surface area contributed by atoms with E-state index in [0.29, 0.717) is 11.5 Å². The normalized spacial score (nSPS) is 17.7. The summed E-state index contributed by atoms with van der Waals surface area (Å²) in [6, 6.07) is 7.58. The maximum absolute atomic E-state index is 14.8. The summed E-state index contributed by atoms with van der Waals surface area (Å²) in [5.41, 5.74) is 0.421. The van der Waals surface area contributed by atoms with Crippen molar-refractivity contribution in [2.45, 2.75) is 18.9 Å². The van der Waals surface area contributed by atoms with E-state index >= 15 is 0 Å². The number of aromatic carboxylic acids is 1. The number of carbonyl (C=O) groups is 1. The molecule has 1 N–H and O–H groups in total. The summed E-state index contributed by atoms with van der Waals surface area (Å²) >= 11 is 3.39. The minimum atomic E-state index is -1.32. The number of rotatable bonds is 3. The Balaban J connectivity index is 1.69. The van der Waals surface area contributed by atoms with E-state index in [2.05, 4.69) is 26.1 Å². The van der Waals surface area contributed by atoms with E-state index < -0.39 is 17.2 Å². The molecule has 0 bridgehead atoms. The van der Waals surface area contributed by atoms with Gasteiger partial charge in [0.2, 0.25) is 5.43 Å². The summed E-state index contributed by atoms with van der Waals surface area (Å²) < 4.78 is 17.4. The molecule has 0 unspecified atom stereocenters. The molecule has 3 heterocycles. The molecule has 29 heavy (non-hydrogen) atoms. The summed E-state index contributed by atoms with van der Waals surface area (Å²) in [5, 5.41) is 17.7. The fourth-order valence-corrected chi connectivity index (χ4v) is 3.86. The van der Waals surface area contributed by atoms with Crippen molar-refractivity contribution in [3.63, 3.8) is 0 Å². The van der Waals surface area contributed by atoms with Gasteiger partial charge in [-0.3, -0.25) is 4.79 Å². The lowest BCUT2D eigenvalue weighted by Crippen LogP contribution is -2.44. The highest BCUT2D eigenvalue weighted by Gasteiger charge is 2.37. The lowest BCUT2D eigenvalue weighted by Gasteiger charge is -2.34. The highest BCUT2D eigenvalue weighted by molar-refractivity contribution is 9.10. The van der Waals surface area contributed by atoms with E-state index in [1.54, 1.807) is 9.47 Å². The largest absolute Gasteiger partial charge is 0.477 e. The van der Waals surface area contributed by atoms with Crippen LogP contribution in [0.15, 0.2) is 55.8 Å². The number of pyridine rings is 1. The molecule has 1 fully saturated rings. The predicted molar refractivity (Wildman–Crippen MR) is 110 cm³/mol. The molecule has 0 saturated heterocycles. The Morgan fingerprint density at radius 2 is 1.93 bits per heavy atom. The van der Waals surface area contributed by atoms with Gasteiger partial charge in [0.05, 0.1) is 17.8 Å². The molecule has 146 valence electrons. The van der Waals surface area contributed by atoms with Crippen LogP contribution in [0.1, 0.15) is 40.4 Å². The van der Waals surface area contributed by atoms with E-state index in [4.69, 9.17) is 0 Å². The summed E-state index contributed by atoms with van der Waals surface area (Å²) in [6.07, 6.45) is 4.17. The van der Waals surface area contributed by atoms with Crippen LogP contribution >= 0.6 is 15.9 Å². The zero-order valence-electron chi connectivity index (χ0n) is 15.0. The molecule has 0 radical (unpaired) electrons. The Labute approximate surface area is 172 Å².